The Morgan fingerprint density at radius 3 is 2.14 bits per heavy atom. The Morgan fingerprint density at radius 1 is 0.897 bits per heavy atom. The van der Waals surface area contributed by atoms with E-state index in [1.54, 1.807) is 12.1 Å². The summed E-state index contributed by atoms with van der Waals surface area (Å²) in [5.74, 6) is -1.08. The molecule has 3 saturated heterocycles. The molecule has 148 valence electrons. The zero-order valence-corrected chi connectivity index (χ0v) is 16.0. The molecule has 0 aromatic heterocycles. The van der Waals surface area contributed by atoms with E-state index in [1.165, 1.54) is 29.2 Å². The van der Waals surface area contributed by atoms with Gasteiger partial charge < -0.3 is 0 Å². The van der Waals surface area contributed by atoms with Crippen molar-refractivity contribution in [2.24, 2.45) is 5.92 Å². The molecular weight excluding hydrogens is 396 g/mol. The van der Waals surface area contributed by atoms with E-state index >= 15 is 0 Å². The van der Waals surface area contributed by atoms with E-state index in [1.807, 2.05) is 17.1 Å². The van der Waals surface area contributed by atoms with Crippen LogP contribution < -0.4 is 4.90 Å². The highest BCUT2D eigenvalue weighted by atomic mass is 35.5. The van der Waals surface area contributed by atoms with Crippen molar-refractivity contribution in [3.05, 3.63) is 69.2 Å². The van der Waals surface area contributed by atoms with Gasteiger partial charge in [0.05, 0.1) is 22.6 Å². The predicted molar refractivity (Wildman–Crippen MR) is 105 cm³/mol. The molecule has 3 fully saturated rings. The topological polar surface area (TPSA) is 87.0 Å². The number of hydrazine groups is 1. The number of hydrogen-bond acceptors (Lipinski definition) is 6. The van der Waals surface area contributed by atoms with Gasteiger partial charge in [0, 0.05) is 30.2 Å². The van der Waals surface area contributed by atoms with Crippen molar-refractivity contribution in [1.82, 2.24) is 10.0 Å². The number of non-ortho nitro benzene ring substituents is 1. The van der Waals surface area contributed by atoms with Crippen LogP contribution in [0.15, 0.2) is 48.5 Å². The average molecular weight is 413 g/mol. The third kappa shape index (κ3) is 2.67. The number of nitro benzene ring substituents is 1. The molecule has 3 atom stereocenters. The van der Waals surface area contributed by atoms with E-state index in [0.29, 0.717) is 10.7 Å². The minimum absolute atomic E-state index is 0.0854. The van der Waals surface area contributed by atoms with Crippen LogP contribution in [0, 0.1) is 16.0 Å². The molecule has 8 nitrogen and oxygen atoms in total. The maximum Gasteiger partial charge on any atom is 0.269 e. The van der Waals surface area contributed by atoms with Gasteiger partial charge in [-0.1, -0.05) is 23.7 Å². The maximum atomic E-state index is 13.4. The number of hydrogen-bond donors (Lipinski definition) is 0. The van der Waals surface area contributed by atoms with Gasteiger partial charge in [0.2, 0.25) is 5.91 Å². The molecule has 0 radical (unpaired) electrons. The predicted octanol–water partition coefficient (Wildman–Crippen LogP) is 2.78. The molecule has 2 aromatic rings. The minimum Gasteiger partial charge on any atom is -0.274 e. The molecule has 0 bridgehead atoms. The molecule has 2 amide bonds. The van der Waals surface area contributed by atoms with Gasteiger partial charge in [-0.2, -0.15) is 0 Å². The first-order valence-electron chi connectivity index (χ1n) is 9.38. The van der Waals surface area contributed by atoms with Crippen LogP contribution in [-0.4, -0.2) is 45.9 Å². The highest BCUT2D eigenvalue weighted by molar-refractivity contribution is 6.30. The fourth-order valence-electron chi connectivity index (χ4n) is 4.75. The minimum atomic E-state index is -0.555. The Bertz CT molecular complexity index is 1010. The number of fused-ring (bicyclic) bond motifs is 3. The van der Waals surface area contributed by atoms with E-state index in [4.69, 9.17) is 11.6 Å². The monoisotopic (exact) mass is 412 g/mol. The van der Waals surface area contributed by atoms with Crippen LogP contribution in [0.25, 0.3) is 0 Å². The number of imide groups is 1. The molecule has 0 spiro atoms. The van der Waals surface area contributed by atoms with Crippen molar-refractivity contribution in [2.75, 3.05) is 18.0 Å². The van der Waals surface area contributed by atoms with Gasteiger partial charge in [-0.25, -0.2) is 14.9 Å². The first-order valence-corrected chi connectivity index (χ1v) is 9.76. The molecule has 29 heavy (non-hydrogen) atoms. The first-order chi connectivity index (χ1) is 14.0. The van der Waals surface area contributed by atoms with E-state index in [9.17, 15) is 19.7 Å². The van der Waals surface area contributed by atoms with Crippen LogP contribution in [-0.2, 0) is 9.59 Å². The van der Waals surface area contributed by atoms with Crippen molar-refractivity contribution >= 4 is 34.8 Å². The normalized spacial score (nSPS) is 26.8. The number of rotatable bonds is 3. The zero-order valence-electron chi connectivity index (χ0n) is 15.3. The lowest BCUT2D eigenvalue weighted by molar-refractivity contribution is -0.384. The van der Waals surface area contributed by atoms with Crippen LogP contribution in [0.3, 0.4) is 0 Å². The van der Waals surface area contributed by atoms with Gasteiger partial charge >= 0.3 is 0 Å². The number of anilines is 1. The molecule has 3 heterocycles. The molecule has 0 unspecified atom stereocenters. The lowest BCUT2D eigenvalue weighted by atomic mass is 9.90. The number of nitro groups is 1. The Hall–Kier alpha value is -2.81. The standard InChI is InChI=1S/C20H17ClN4O4/c21-13-4-2-12(3-5-13)17-16-18(23-11-1-10-22(17)23)20(27)24(19(16)26)14-6-8-15(9-7-14)25(28)29/h2-9,16-18H,1,10-11H2/t16-,17-,18-/m0/s1. The second-order valence-electron chi connectivity index (χ2n) is 7.43. The Morgan fingerprint density at radius 2 is 1.52 bits per heavy atom. The van der Waals surface area contributed by atoms with Crippen molar-refractivity contribution in [3.8, 4) is 0 Å². The van der Waals surface area contributed by atoms with Crippen LogP contribution in [0.5, 0.6) is 0 Å². The van der Waals surface area contributed by atoms with Gasteiger partial charge in [0.1, 0.15) is 6.04 Å². The van der Waals surface area contributed by atoms with Crippen LogP contribution in [0.4, 0.5) is 11.4 Å². The molecule has 0 saturated carbocycles. The summed E-state index contributed by atoms with van der Waals surface area (Å²) in [6, 6.07) is 12.1. The van der Waals surface area contributed by atoms with Gasteiger partial charge in [0.25, 0.3) is 11.6 Å². The van der Waals surface area contributed by atoms with Crippen molar-refractivity contribution < 1.29 is 14.5 Å². The summed E-state index contributed by atoms with van der Waals surface area (Å²) < 4.78 is 0. The third-order valence-corrected chi connectivity index (χ3v) is 6.19. The summed E-state index contributed by atoms with van der Waals surface area (Å²) in [5.41, 5.74) is 1.22. The first kappa shape index (κ1) is 18.2. The van der Waals surface area contributed by atoms with E-state index in [-0.39, 0.29) is 23.5 Å². The van der Waals surface area contributed by atoms with Crippen LogP contribution >= 0.6 is 11.6 Å². The number of halogens is 1. The van der Waals surface area contributed by atoms with Gasteiger partial charge in [0.15, 0.2) is 0 Å². The number of amides is 2. The second kappa shape index (κ2) is 6.62. The van der Waals surface area contributed by atoms with E-state index in [0.717, 1.165) is 25.1 Å². The smallest absolute Gasteiger partial charge is 0.269 e. The Balaban J connectivity index is 1.54. The maximum absolute atomic E-state index is 13.4. The Kier molecular flexibility index (Phi) is 4.16. The summed E-state index contributed by atoms with van der Waals surface area (Å²) in [5, 5.41) is 15.7. The fourth-order valence-corrected chi connectivity index (χ4v) is 4.88. The SMILES string of the molecule is O=C1[C@@H]2[C@@H](C(=O)N1c1ccc([N+](=O)[O-])cc1)N1CCCN1[C@H]2c1ccc(Cl)cc1. The molecular formula is C20H17ClN4O4. The lowest BCUT2D eigenvalue weighted by Gasteiger charge is -2.29. The highest BCUT2D eigenvalue weighted by Crippen LogP contribution is 2.49. The van der Waals surface area contributed by atoms with E-state index in [2.05, 4.69) is 5.01 Å². The average Bonchev–Trinajstić information content (AvgIpc) is 3.35. The number of carbonyl (C=O) groups is 2. The molecule has 2 aromatic carbocycles. The van der Waals surface area contributed by atoms with Gasteiger partial charge in [-0.3, -0.25) is 19.7 Å². The van der Waals surface area contributed by atoms with Crippen LogP contribution in [0.2, 0.25) is 5.02 Å². The van der Waals surface area contributed by atoms with Crippen molar-refractivity contribution in [1.29, 1.82) is 0 Å². The summed E-state index contributed by atoms with van der Waals surface area (Å²) >= 11 is 6.03. The number of benzene rings is 2. The molecule has 5 rings (SSSR count). The van der Waals surface area contributed by atoms with E-state index < -0.39 is 16.9 Å². The summed E-state index contributed by atoms with van der Waals surface area (Å²) in [6.45, 7) is 1.51. The third-order valence-electron chi connectivity index (χ3n) is 5.94. The molecule has 0 aliphatic carbocycles. The lowest BCUT2D eigenvalue weighted by Crippen LogP contribution is -2.44. The second-order valence-corrected chi connectivity index (χ2v) is 7.87. The quantitative estimate of drug-likeness (QED) is 0.437. The summed E-state index contributed by atoms with van der Waals surface area (Å²) in [4.78, 5) is 38.2. The van der Waals surface area contributed by atoms with Gasteiger partial charge in [-0.05, 0) is 36.2 Å². The largest absolute Gasteiger partial charge is 0.274 e. The van der Waals surface area contributed by atoms with Crippen molar-refractivity contribution in [3.63, 3.8) is 0 Å². The molecule has 9 heteroatoms. The summed E-state index contributed by atoms with van der Waals surface area (Å²) in [6.07, 6.45) is 0.923. The molecule has 3 aliphatic heterocycles. The fraction of sp³-hybridized carbons (Fsp3) is 0.300. The molecule has 3 aliphatic rings. The highest BCUT2D eigenvalue weighted by Gasteiger charge is 2.62. The van der Waals surface area contributed by atoms with Crippen molar-refractivity contribution in [2.45, 2.75) is 18.5 Å². The molecule has 0 N–H and O–H groups in total. The Labute approximate surface area is 171 Å². The zero-order chi connectivity index (χ0) is 20.3. The summed E-state index contributed by atoms with van der Waals surface area (Å²) in [7, 11) is 0. The number of nitrogens with zero attached hydrogens (tertiary/aromatic N) is 4. The number of carbonyl (C=O) groups excluding carboxylic acids is 2. The van der Waals surface area contributed by atoms with Gasteiger partial charge in [-0.15, -0.1) is 0 Å². The van der Waals surface area contributed by atoms with Crippen LogP contribution in [0.1, 0.15) is 18.0 Å².